The van der Waals surface area contributed by atoms with Crippen LogP contribution in [0.15, 0.2) is 30.3 Å². The van der Waals surface area contributed by atoms with Crippen LogP contribution in [0.4, 0.5) is 9.59 Å². The minimum atomic E-state index is -0.887. The number of carbonyl (C=O) groups is 4. The molecule has 8 heteroatoms. The number of amides is 2. The van der Waals surface area contributed by atoms with Gasteiger partial charge >= 0.3 is 12.2 Å². The molecule has 226 valence electrons. The Kier molecular flexibility index (Phi) is 12.0. The molecule has 2 N–H and O–H groups in total. The second kappa shape index (κ2) is 13.6. The third-order valence-electron chi connectivity index (χ3n) is 6.46. The quantitative estimate of drug-likeness (QED) is 0.314. The minimum Gasteiger partial charge on any atom is -0.444 e. The highest BCUT2D eigenvalue weighted by molar-refractivity contribution is 5.92. The van der Waals surface area contributed by atoms with Crippen LogP contribution >= 0.6 is 0 Å². The van der Waals surface area contributed by atoms with E-state index in [0.29, 0.717) is 19.3 Å². The van der Waals surface area contributed by atoms with Crippen molar-refractivity contribution in [3.63, 3.8) is 0 Å². The van der Waals surface area contributed by atoms with Crippen molar-refractivity contribution in [3.05, 3.63) is 35.9 Å². The van der Waals surface area contributed by atoms with Crippen LogP contribution in [0.3, 0.4) is 0 Å². The molecule has 1 aromatic carbocycles. The smallest absolute Gasteiger partial charge is 0.408 e. The molecule has 1 aromatic rings. The topological polar surface area (TPSA) is 111 Å². The molecule has 0 aliphatic rings. The summed E-state index contributed by atoms with van der Waals surface area (Å²) in [5.41, 5.74) is -1.97. The number of ether oxygens (including phenoxy) is 2. The lowest BCUT2D eigenvalue weighted by atomic mass is 9.80. The third-order valence-corrected chi connectivity index (χ3v) is 6.46. The molecule has 2 amide bonds. The third kappa shape index (κ3) is 12.5. The van der Waals surface area contributed by atoms with E-state index in [4.69, 9.17) is 9.47 Å². The maximum absolute atomic E-state index is 13.2. The number of hydrogen-bond acceptors (Lipinski definition) is 6. The second-order valence-electron chi connectivity index (χ2n) is 14.4. The summed E-state index contributed by atoms with van der Waals surface area (Å²) in [5.74, 6) is -0.443. The first-order valence-corrected chi connectivity index (χ1v) is 14.1. The lowest BCUT2D eigenvalue weighted by molar-refractivity contribution is -0.130. The van der Waals surface area contributed by atoms with Crippen LogP contribution in [0.2, 0.25) is 0 Å². The molecule has 0 aromatic heterocycles. The van der Waals surface area contributed by atoms with Gasteiger partial charge in [0.05, 0.1) is 12.1 Å². The predicted octanol–water partition coefficient (Wildman–Crippen LogP) is 6.64. The summed E-state index contributed by atoms with van der Waals surface area (Å²) in [6.07, 6.45) is -0.0367. The number of rotatable bonds is 11. The van der Waals surface area contributed by atoms with Crippen molar-refractivity contribution in [3.8, 4) is 0 Å². The van der Waals surface area contributed by atoms with E-state index in [2.05, 4.69) is 10.6 Å². The summed E-state index contributed by atoms with van der Waals surface area (Å²) < 4.78 is 11.2. The Balaban J connectivity index is 2.94. The summed E-state index contributed by atoms with van der Waals surface area (Å²) in [6.45, 7) is 21.7. The van der Waals surface area contributed by atoms with Crippen molar-refractivity contribution in [2.45, 2.75) is 126 Å². The first-order chi connectivity index (χ1) is 18.0. The molecule has 0 heterocycles. The first kappa shape index (κ1) is 35.1. The highest BCUT2D eigenvalue weighted by atomic mass is 16.6. The van der Waals surface area contributed by atoms with Gasteiger partial charge < -0.3 is 20.1 Å². The molecule has 0 radical (unpaired) electrons. The van der Waals surface area contributed by atoms with E-state index in [0.717, 1.165) is 5.56 Å². The monoisotopic (exact) mass is 560 g/mol. The SMILES string of the molecule is CC(CCC(C)(C)OC(=O)N[C@@H](Cc1ccccc1)C(=O)C(C)(C)C)C(NC(=O)OC(C)(C)C)C(=O)C(C)(C)C. The van der Waals surface area contributed by atoms with Gasteiger partial charge in [-0.3, -0.25) is 9.59 Å². The van der Waals surface area contributed by atoms with Crippen LogP contribution in [-0.2, 0) is 25.5 Å². The van der Waals surface area contributed by atoms with E-state index in [9.17, 15) is 19.2 Å². The molecular weight excluding hydrogens is 508 g/mol. The molecule has 0 fully saturated rings. The van der Waals surface area contributed by atoms with E-state index in [-0.39, 0.29) is 17.5 Å². The average Bonchev–Trinajstić information content (AvgIpc) is 2.77. The zero-order chi connectivity index (χ0) is 31.1. The number of ketones is 2. The molecule has 0 saturated heterocycles. The average molecular weight is 561 g/mol. The first-order valence-electron chi connectivity index (χ1n) is 14.1. The number of nitrogens with one attached hydrogen (secondary N) is 2. The molecule has 2 unspecified atom stereocenters. The summed E-state index contributed by atoms with van der Waals surface area (Å²) in [6, 6.07) is 8.02. The fraction of sp³-hybridized carbons (Fsp3) is 0.688. The van der Waals surface area contributed by atoms with Crippen LogP contribution in [0.1, 0.15) is 101 Å². The minimum absolute atomic E-state index is 0.0866. The zero-order valence-corrected chi connectivity index (χ0v) is 26.7. The Morgan fingerprint density at radius 1 is 0.725 bits per heavy atom. The summed E-state index contributed by atoms with van der Waals surface area (Å²) in [5, 5.41) is 5.55. The van der Waals surface area contributed by atoms with Crippen molar-refractivity contribution in [1.82, 2.24) is 10.6 Å². The van der Waals surface area contributed by atoms with Crippen molar-refractivity contribution in [2.24, 2.45) is 16.7 Å². The molecule has 0 spiro atoms. The Labute approximate surface area is 241 Å². The number of alkyl carbamates (subject to hydrolysis) is 2. The van der Waals surface area contributed by atoms with E-state index in [1.807, 2.05) is 78.8 Å². The second-order valence-corrected chi connectivity index (χ2v) is 14.4. The molecular formula is C32H52N2O6. The van der Waals surface area contributed by atoms with Crippen LogP contribution in [-0.4, -0.2) is 47.0 Å². The van der Waals surface area contributed by atoms with Gasteiger partial charge in [-0.15, -0.1) is 0 Å². The van der Waals surface area contributed by atoms with Crippen molar-refractivity contribution in [2.75, 3.05) is 0 Å². The molecule has 0 bridgehead atoms. The maximum Gasteiger partial charge on any atom is 0.408 e. The Hall–Kier alpha value is -2.90. The normalized spacial score (nSPS) is 14.9. The number of benzene rings is 1. The van der Waals surface area contributed by atoms with Crippen molar-refractivity contribution < 1.29 is 28.7 Å². The lowest BCUT2D eigenvalue weighted by Gasteiger charge is -2.33. The molecule has 1 rings (SSSR count). The van der Waals surface area contributed by atoms with E-state index in [1.54, 1.807) is 34.6 Å². The van der Waals surface area contributed by atoms with Crippen LogP contribution in [0, 0.1) is 16.7 Å². The van der Waals surface area contributed by atoms with Crippen LogP contribution in [0.5, 0.6) is 0 Å². The van der Waals surface area contributed by atoms with Gasteiger partial charge in [-0.1, -0.05) is 78.8 Å². The van der Waals surface area contributed by atoms with Gasteiger partial charge in [0, 0.05) is 10.8 Å². The summed E-state index contributed by atoms with van der Waals surface area (Å²) in [4.78, 5) is 51.9. The number of hydrogen-bond donors (Lipinski definition) is 2. The van der Waals surface area contributed by atoms with Crippen molar-refractivity contribution >= 4 is 23.8 Å². The van der Waals surface area contributed by atoms with Gasteiger partial charge in [0.1, 0.15) is 11.2 Å². The predicted molar refractivity (Wildman–Crippen MR) is 158 cm³/mol. The van der Waals surface area contributed by atoms with Crippen LogP contribution < -0.4 is 10.6 Å². The molecule has 0 aliphatic carbocycles. The van der Waals surface area contributed by atoms with Gasteiger partial charge in [-0.2, -0.15) is 0 Å². The van der Waals surface area contributed by atoms with Gasteiger partial charge in [0.2, 0.25) is 0 Å². The lowest BCUT2D eigenvalue weighted by Crippen LogP contribution is -2.51. The van der Waals surface area contributed by atoms with Gasteiger partial charge in [-0.25, -0.2) is 9.59 Å². The molecule has 0 aliphatic heterocycles. The molecule has 0 saturated carbocycles. The van der Waals surface area contributed by atoms with Gasteiger partial charge in [0.25, 0.3) is 0 Å². The molecule has 8 nitrogen and oxygen atoms in total. The Bertz CT molecular complexity index is 1010. The fourth-order valence-corrected chi connectivity index (χ4v) is 4.16. The molecule has 3 atom stereocenters. The van der Waals surface area contributed by atoms with E-state index < -0.39 is 46.3 Å². The van der Waals surface area contributed by atoms with E-state index in [1.165, 1.54) is 0 Å². The standard InChI is InChI=1S/C32H52N2O6/c1-21(24(26(36)30(5,6)7)34-28(38)39-31(8,9)10)18-19-32(11,12)40-27(37)33-23(25(35)29(2,3)4)20-22-16-14-13-15-17-22/h13-17,21,23-24H,18-20H2,1-12H3,(H,33,37)(H,34,38)/t21?,23-,24?/m0/s1. The van der Waals surface area contributed by atoms with Gasteiger partial charge in [-0.05, 0) is 65.4 Å². The maximum atomic E-state index is 13.2. The van der Waals surface area contributed by atoms with Crippen LogP contribution in [0.25, 0.3) is 0 Å². The zero-order valence-electron chi connectivity index (χ0n) is 26.7. The number of carbonyl (C=O) groups excluding carboxylic acids is 4. The largest absolute Gasteiger partial charge is 0.444 e. The Morgan fingerprint density at radius 2 is 1.23 bits per heavy atom. The Morgan fingerprint density at radius 3 is 1.70 bits per heavy atom. The summed E-state index contributed by atoms with van der Waals surface area (Å²) in [7, 11) is 0. The van der Waals surface area contributed by atoms with E-state index >= 15 is 0 Å². The highest BCUT2D eigenvalue weighted by Crippen LogP contribution is 2.27. The summed E-state index contributed by atoms with van der Waals surface area (Å²) >= 11 is 0. The highest BCUT2D eigenvalue weighted by Gasteiger charge is 2.37. The fourth-order valence-electron chi connectivity index (χ4n) is 4.16. The van der Waals surface area contributed by atoms with Gasteiger partial charge in [0.15, 0.2) is 11.6 Å². The van der Waals surface area contributed by atoms with Crippen molar-refractivity contribution in [1.29, 1.82) is 0 Å². The molecule has 40 heavy (non-hydrogen) atoms. The number of Topliss-reactive ketones (excluding diaryl/α,β-unsaturated/α-hetero) is 2.